The van der Waals surface area contributed by atoms with Crippen LogP contribution in [0, 0.1) is 5.41 Å². The number of Topliss-reactive ketones (excluding diaryl/α,β-unsaturated/α-hetero) is 1. The van der Waals surface area contributed by atoms with E-state index in [0.29, 0.717) is 19.4 Å². The van der Waals surface area contributed by atoms with E-state index >= 15 is 0 Å². The summed E-state index contributed by atoms with van der Waals surface area (Å²) in [6.45, 7) is 18.4. The number of nitrogens with zero attached hydrogens (tertiary/aromatic N) is 2. The van der Waals surface area contributed by atoms with E-state index in [1.165, 1.54) is 21.9 Å². The highest BCUT2D eigenvalue weighted by molar-refractivity contribution is 6.24. The number of carbonyl (C=O) groups is 2. The number of allylic oxidation sites excluding steroid dienone is 5. The van der Waals surface area contributed by atoms with Crippen LogP contribution in [0.4, 0.5) is 11.4 Å². The van der Waals surface area contributed by atoms with Crippen molar-refractivity contribution in [1.82, 2.24) is 0 Å². The maximum absolute atomic E-state index is 14.1. The summed E-state index contributed by atoms with van der Waals surface area (Å²) in [6, 6.07) is 25.4. The van der Waals surface area contributed by atoms with Crippen LogP contribution in [0.1, 0.15) is 92.2 Å². The maximum atomic E-state index is 14.1. The third-order valence-corrected chi connectivity index (χ3v) is 12.0. The Kier molecular flexibility index (Phi) is 9.24. The van der Waals surface area contributed by atoms with Gasteiger partial charge in [0.15, 0.2) is 18.0 Å². The lowest BCUT2D eigenvalue weighted by Gasteiger charge is -2.33. The molecule has 6 heteroatoms. The largest absolute Gasteiger partial charge is 0.871 e. The van der Waals surface area contributed by atoms with Crippen molar-refractivity contribution < 1.29 is 24.0 Å². The SMILES string of the molecule is CCCCN1/C(=C/C2=C([O-])C(=C/C3=[N+](CCCOC(=O)C(C)(C)CC)c4ccc5ccccc5c4C3(C)C)/C2=O)C(C)(C)c2c1ccc1ccccc21. The predicted molar refractivity (Wildman–Crippen MR) is 214 cm³/mol. The first-order chi connectivity index (χ1) is 25.2. The van der Waals surface area contributed by atoms with Crippen molar-refractivity contribution in [3.63, 3.8) is 0 Å². The van der Waals surface area contributed by atoms with Crippen LogP contribution in [0.5, 0.6) is 0 Å². The van der Waals surface area contributed by atoms with Gasteiger partial charge in [0.05, 0.1) is 17.4 Å². The van der Waals surface area contributed by atoms with Crippen LogP contribution in [0.2, 0.25) is 0 Å². The fourth-order valence-electron chi connectivity index (χ4n) is 8.49. The third-order valence-electron chi connectivity index (χ3n) is 12.0. The molecule has 7 rings (SSSR count). The van der Waals surface area contributed by atoms with Crippen LogP contribution in [-0.4, -0.2) is 41.7 Å². The highest BCUT2D eigenvalue weighted by Gasteiger charge is 2.47. The molecular formula is C47H52N2O4. The second kappa shape index (κ2) is 13.5. The number of esters is 1. The topological polar surface area (TPSA) is 72.7 Å². The summed E-state index contributed by atoms with van der Waals surface area (Å²) < 4.78 is 7.93. The fourth-order valence-corrected chi connectivity index (χ4v) is 8.49. The first-order valence-corrected chi connectivity index (χ1v) is 19.3. The Morgan fingerprint density at radius 1 is 0.849 bits per heavy atom. The number of ketones is 1. The van der Waals surface area contributed by atoms with Crippen molar-refractivity contribution in [2.24, 2.45) is 5.41 Å². The number of hydrogen-bond donors (Lipinski definition) is 0. The highest BCUT2D eigenvalue weighted by Crippen LogP contribution is 2.52. The van der Waals surface area contributed by atoms with Crippen LogP contribution >= 0.6 is 0 Å². The van der Waals surface area contributed by atoms with E-state index in [9.17, 15) is 14.7 Å². The van der Waals surface area contributed by atoms with Crippen molar-refractivity contribution in [2.75, 3.05) is 24.6 Å². The summed E-state index contributed by atoms with van der Waals surface area (Å²) in [5.41, 5.74) is 5.52. The molecule has 0 saturated heterocycles. The van der Waals surface area contributed by atoms with Gasteiger partial charge < -0.3 is 14.7 Å². The molecule has 0 amide bonds. The Labute approximate surface area is 314 Å². The number of benzene rings is 4. The van der Waals surface area contributed by atoms with E-state index in [-0.39, 0.29) is 35.3 Å². The Hall–Kier alpha value is -4.97. The van der Waals surface area contributed by atoms with Crippen molar-refractivity contribution in [3.05, 3.63) is 119 Å². The molecule has 2 aliphatic heterocycles. The number of hydrogen-bond acceptors (Lipinski definition) is 5. The molecular weight excluding hydrogens is 657 g/mol. The van der Waals surface area contributed by atoms with Crippen LogP contribution < -0.4 is 10.0 Å². The zero-order valence-corrected chi connectivity index (χ0v) is 32.6. The van der Waals surface area contributed by atoms with E-state index < -0.39 is 16.2 Å². The van der Waals surface area contributed by atoms with Gasteiger partial charge in [-0.15, -0.1) is 0 Å². The molecule has 0 atom stereocenters. The lowest BCUT2D eigenvalue weighted by atomic mass is 9.76. The minimum absolute atomic E-state index is 0.197. The summed E-state index contributed by atoms with van der Waals surface area (Å²) in [5, 5.41) is 18.8. The highest BCUT2D eigenvalue weighted by atomic mass is 16.5. The molecule has 1 aliphatic carbocycles. The van der Waals surface area contributed by atoms with E-state index in [1.54, 1.807) is 0 Å². The standard InChI is InChI=1S/C47H52N2O4/c1-9-11-25-48-36-23-21-30-17-12-14-19-32(30)40(36)46(5,6)38(48)28-34-42(50)35(43(34)51)29-39-47(7,8)41-33-20-15-13-18-31(33)22-24-37(41)49(39)26-16-27-53-44(52)45(3,4)10-2/h12-15,17-24,28-29H,9-11,16,25-27H2,1-8H3. The van der Waals surface area contributed by atoms with Crippen molar-refractivity contribution in [3.8, 4) is 0 Å². The van der Waals surface area contributed by atoms with Crippen molar-refractivity contribution in [1.29, 1.82) is 0 Å². The molecule has 0 spiro atoms. The monoisotopic (exact) mass is 708 g/mol. The molecule has 0 aromatic heterocycles. The second-order valence-corrected chi connectivity index (χ2v) is 16.5. The van der Waals surface area contributed by atoms with Gasteiger partial charge in [-0.25, -0.2) is 0 Å². The Morgan fingerprint density at radius 2 is 1.49 bits per heavy atom. The first-order valence-electron chi connectivity index (χ1n) is 19.3. The number of carbonyl (C=O) groups excluding carboxylic acids is 2. The molecule has 53 heavy (non-hydrogen) atoms. The van der Waals surface area contributed by atoms with Gasteiger partial charge in [-0.05, 0) is 85.9 Å². The fraction of sp³-hybridized carbons (Fsp3) is 0.383. The van der Waals surface area contributed by atoms with Crippen LogP contribution in [-0.2, 0) is 25.2 Å². The summed E-state index contributed by atoms with van der Waals surface area (Å²) in [6.07, 6.45) is 7.05. The molecule has 0 saturated carbocycles. The Morgan fingerprint density at radius 3 is 2.13 bits per heavy atom. The second-order valence-electron chi connectivity index (χ2n) is 16.5. The van der Waals surface area contributed by atoms with E-state index in [0.717, 1.165) is 52.9 Å². The maximum Gasteiger partial charge on any atom is 0.311 e. The first kappa shape index (κ1) is 36.4. The average Bonchev–Trinajstić information content (AvgIpc) is 3.51. The minimum atomic E-state index is -0.533. The van der Waals surface area contributed by atoms with Crippen LogP contribution in [0.25, 0.3) is 21.5 Å². The van der Waals surface area contributed by atoms with Gasteiger partial charge in [-0.2, -0.15) is 4.58 Å². The summed E-state index contributed by atoms with van der Waals surface area (Å²) in [5.74, 6) is -0.624. The van der Waals surface area contributed by atoms with Gasteiger partial charge in [0, 0.05) is 58.6 Å². The molecule has 2 heterocycles. The molecule has 4 aromatic carbocycles. The Balaban J connectivity index is 1.28. The van der Waals surface area contributed by atoms with Crippen molar-refractivity contribution >= 4 is 50.4 Å². The van der Waals surface area contributed by atoms with Gasteiger partial charge in [-0.1, -0.05) is 94.5 Å². The number of rotatable bonds is 11. The lowest BCUT2D eigenvalue weighted by molar-refractivity contribution is -0.438. The summed E-state index contributed by atoms with van der Waals surface area (Å²) in [7, 11) is 0. The normalized spacial score (nSPS) is 19.1. The molecule has 0 unspecified atom stereocenters. The molecule has 3 aliphatic rings. The molecule has 4 aromatic rings. The molecule has 0 fully saturated rings. The summed E-state index contributed by atoms with van der Waals surface area (Å²) >= 11 is 0. The zero-order chi connectivity index (χ0) is 37.9. The Bertz CT molecular complexity index is 2300. The summed E-state index contributed by atoms with van der Waals surface area (Å²) in [4.78, 5) is 29.2. The van der Waals surface area contributed by atoms with E-state index in [1.807, 2.05) is 39.0 Å². The molecule has 0 N–H and O–H groups in total. The predicted octanol–water partition coefficient (Wildman–Crippen LogP) is 9.34. The third kappa shape index (κ3) is 5.91. The minimum Gasteiger partial charge on any atom is -0.871 e. The van der Waals surface area contributed by atoms with Gasteiger partial charge in [0.1, 0.15) is 0 Å². The quantitative estimate of drug-likeness (QED) is 0.0672. The van der Waals surface area contributed by atoms with E-state index in [4.69, 9.17) is 4.74 Å². The molecule has 274 valence electrons. The van der Waals surface area contributed by atoms with Gasteiger partial charge in [0.2, 0.25) is 5.69 Å². The number of ether oxygens (including phenoxy) is 1. The average molecular weight is 709 g/mol. The zero-order valence-electron chi connectivity index (χ0n) is 32.6. The molecule has 0 radical (unpaired) electrons. The van der Waals surface area contributed by atoms with E-state index in [2.05, 4.69) is 111 Å². The lowest BCUT2D eigenvalue weighted by Crippen LogP contribution is -2.35. The molecule has 6 nitrogen and oxygen atoms in total. The van der Waals surface area contributed by atoms with Gasteiger partial charge in [-0.3, -0.25) is 9.59 Å². The van der Waals surface area contributed by atoms with Gasteiger partial charge >= 0.3 is 5.97 Å². The number of unbranched alkanes of at least 4 members (excludes halogenated alkanes) is 1. The van der Waals surface area contributed by atoms with Crippen LogP contribution in [0.3, 0.4) is 0 Å². The van der Waals surface area contributed by atoms with Crippen LogP contribution in [0.15, 0.2) is 108 Å². The van der Waals surface area contributed by atoms with Gasteiger partial charge in [0.25, 0.3) is 0 Å². The number of fused-ring (bicyclic) bond motifs is 6. The van der Waals surface area contributed by atoms with Crippen molar-refractivity contribution in [2.45, 2.75) is 91.9 Å². The molecule has 0 bridgehead atoms. The number of anilines is 1. The smallest absolute Gasteiger partial charge is 0.311 e.